The highest BCUT2D eigenvalue weighted by Gasteiger charge is 2.16. The van der Waals surface area contributed by atoms with Gasteiger partial charge in [-0.25, -0.2) is 8.42 Å². The number of anilines is 2. The molecule has 0 saturated carbocycles. The first-order valence-electron chi connectivity index (χ1n) is 9.54. The van der Waals surface area contributed by atoms with Gasteiger partial charge in [-0.15, -0.1) is 0 Å². The summed E-state index contributed by atoms with van der Waals surface area (Å²) in [6, 6.07) is 12.9. The fourth-order valence-electron chi connectivity index (χ4n) is 2.84. The largest absolute Gasteiger partial charge is 0.495 e. The van der Waals surface area contributed by atoms with E-state index in [4.69, 9.17) is 49.0 Å². The van der Waals surface area contributed by atoms with Gasteiger partial charge in [0.15, 0.2) is 6.61 Å². The average Bonchev–Trinajstić information content (AvgIpc) is 2.77. The Morgan fingerprint density at radius 3 is 2.09 bits per heavy atom. The van der Waals surface area contributed by atoms with Crippen LogP contribution in [0.5, 0.6) is 17.2 Å². The van der Waals surface area contributed by atoms with Crippen LogP contribution in [0.1, 0.15) is 0 Å². The van der Waals surface area contributed by atoms with Crippen LogP contribution >= 0.6 is 34.8 Å². The fraction of sp³-hybridized carbons (Fsp3) is 0.136. The van der Waals surface area contributed by atoms with E-state index in [1.165, 1.54) is 68.8 Å². The molecular weight excluding hydrogens is 527 g/mol. The molecule has 3 rings (SSSR count). The maximum atomic E-state index is 12.6. The normalized spacial score (nSPS) is 11.0. The van der Waals surface area contributed by atoms with Gasteiger partial charge in [-0.1, -0.05) is 34.8 Å². The molecule has 0 aliphatic rings. The molecule has 0 aliphatic carbocycles. The Bertz CT molecular complexity index is 1280. The standard InChI is InChI=1S/C22H19Cl3N2O6S/c1-31-20-11-19(21(32-2)10-18(20)25)26-22(28)12-33-16-3-5-17(6-4-16)34(29,30)27-15-8-13(23)7-14(24)9-15/h3-11,27H,12H2,1-2H3,(H,26,28). The van der Waals surface area contributed by atoms with E-state index in [2.05, 4.69) is 10.0 Å². The third-order valence-corrected chi connectivity index (χ3v) is 6.50. The smallest absolute Gasteiger partial charge is 0.262 e. The summed E-state index contributed by atoms with van der Waals surface area (Å²) in [5.41, 5.74) is 0.578. The summed E-state index contributed by atoms with van der Waals surface area (Å²) in [5, 5.41) is 3.57. The van der Waals surface area contributed by atoms with Crippen LogP contribution in [-0.2, 0) is 14.8 Å². The highest BCUT2D eigenvalue weighted by molar-refractivity contribution is 7.92. The molecule has 0 saturated heterocycles. The minimum Gasteiger partial charge on any atom is -0.495 e. The van der Waals surface area contributed by atoms with E-state index in [1.807, 2.05) is 0 Å². The van der Waals surface area contributed by atoms with Crippen molar-refractivity contribution < 1.29 is 27.4 Å². The molecule has 0 radical (unpaired) electrons. The van der Waals surface area contributed by atoms with Gasteiger partial charge in [0.1, 0.15) is 17.2 Å². The number of methoxy groups -OCH3 is 2. The summed E-state index contributed by atoms with van der Waals surface area (Å²) in [5.74, 6) is 0.533. The monoisotopic (exact) mass is 544 g/mol. The Balaban J connectivity index is 1.63. The van der Waals surface area contributed by atoms with E-state index in [0.29, 0.717) is 38.0 Å². The van der Waals surface area contributed by atoms with Crippen molar-refractivity contribution in [1.82, 2.24) is 0 Å². The van der Waals surface area contributed by atoms with Gasteiger partial charge in [0.2, 0.25) is 0 Å². The molecule has 0 atom stereocenters. The molecule has 3 aromatic rings. The highest BCUT2D eigenvalue weighted by atomic mass is 35.5. The first-order chi connectivity index (χ1) is 16.1. The topological polar surface area (TPSA) is 103 Å². The van der Waals surface area contributed by atoms with Crippen LogP contribution in [0.25, 0.3) is 0 Å². The Labute approximate surface area is 211 Å². The Hall–Kier alpha value is -2.85. The maximum absolute atomic E-state index is 12.6. The molecule has 0 spiro atoms. The predicted molar refractivity (Wildman–Crippen MR) is 132 cm³/mol. The molecule has 0 aliphatic heterocycles. The van der Waals surface area contributed by atoms with Gasteiger partial charge in [0.05, 0.1) is 35.5 Å². The molecule has 0 bridgehead atoms. The third-order valence-electron chi connectivity index (χ3n) is 4.37. The second-order valence-electron chi connectivity index (χ2n) is 6.76. The quantitative estimate of drug-likeness (QED) is 0.369. The van der Waals surface area contributed by atoms with Gasteiger partial charge >= 0.3 is 0 Å². The molecule has 0 heterocycles. The second-order valence-corrected chi connectivity index (χ2v) is 9.72. The summed E-state index contributed by atoms with van der Waals surface area (Å²) in [6.45, 7) is -0.334. The van der Waals surface area contributed by atoms with Crippen LogP contribution < -0.4 is 24.2 Å². The van der Waals surface area contributed by atoms with Gasteiger partial charge in [-0.05, 0) is 42.5 Å². The van der Waals surface area contributed by atoms with E-state index < -0.39 is 15.9 Å². The van der Waals surface area contributed by atoms with Crippen molar-refractivity contribution >= 4 is 62.1 Å². The van der Waals surface area contributed by atoms with Gasteiger partial charge in [-0.3, -0.25) is 9.52 Å². The number of amides is 1. The van der Waals surface area contributed by atoms with Crippen LogP contribution in [0.3, 0.4) is 0 Å². The summed E-state index contributed by atoms with van der Waals surface area (Å²) in [7, 11) is -1.00. The molecule has 34 heavy (non-hydrogen) atoms. The summed E-state index contributed by atoms with van der Waals surface area (Å²) < 4.78 is 43.4. The number of benzene rings is 3. The lowest BCUT2D eigenvalue weighted by molar-refractivity contribution is -0.118. The van der Waals surface area contributed by atoms with Gasteiger partial charge < -0.3 is 19.5 Å². The Morgan fingerprint density at radius 2 is 1.50 bits per heavy atom. The number of carbonyl (C=O) groups is 1. The van der Waals surface area contributed by atoms with Gasteiger partial charge in [0, 0.05) is 22.2 Å². The van der Waals surface area contributed by atoms with E-state index in [9.17, 15) is 13.2 Å². The summed E-state index contributed by atoms with van der Waals surface area (Å²) >= 11 is 17.9. The molecule has 180 valence electrons. The number of nitrogens with one attached hydrogen (secondary N) is 2. The molecular formula is C22H19Cl3N2O6S. The minimum atomic E-state index is -3.89. The van der Waals surface area contributed by atoms with Crippen LogP contribution in [0, 0.1) is 0 Å². The third kappa shape index (κ3) is 6.60. The maximum Gasteiger partial charge on any atom is 0.262 e. The number of hydrogen-bond donors (Lipinski definition) is 2. The number of hydrogen-bond acceptors (Lipinski definition) is 6. The first kappa shape index (κ1) is 25.8. The molecule has 0 fully saturated rings. The number of ether oxygens (including phenoxy) is 3. The molecule has 0 unspecified atom stereocenters. The summed E-state index contributed by atoms with van der Waals surface area (Å²) in [4.78, 5) is 12.3. The molecule has 8 nitrogen and oxygen atoms in total. The van der Waals surface area contributed by atoms with Crippen LogP contribution in [0.2, 0.25) is 15.1 Å². The molecule has 12 heteroatoms. The van der Waals surface area contributed by atoms with Crippen molar-refractivity contribution in [2.24, 2.45) is 0 Å². The van der Waals surface area contributed by atoms with Crippen LogP contribution in [0.4, 0.5) is 11.4 Å². The van der Waals surface area contributed by atoms with Crippen LogP contribution in [0.15, 0.2) is 59.5 Å². The van der Waals surface area contributed by atoms with Crippen molar-refractivity contribution in [2.75, 3.05) is 30.9 Å². The van der Waals surface area contributed by atoms with E-state index in [1.54, 1.807) is 0 Å². The zero-order valence-electron chi connectivity index (χ0n) is 17.9. The van der Waals surface area contributed by atoms with E-state index >= 15 is 0 Å². The summed E-state index contributed by atoms with van der Waals surface area (Å²) in [6.07, 6.45) is 0. The number of carbonyl (C=O) groups excluding carboxylic acids is 1. The zero-order chi connectivity index (χ0) is 24.9. The molecule has 1 amide bonds. The lowest BCUT2D eigenvalue weighted by Gasteiger charge is -2.13. The van der Waals surface area contributed by atoms with Crippen molar-refractivity contribution in [3.63, 3.8) is 0 Å². The second kappa shape index (κ2) is 11.1. The average molecular weight is 546 g/mol. The molecule has 0 aromatic heterocycles. The minimum absolute atomic E-state index is 0.0154. The number of halogens is 3. The van der Waals surface area contributed by atoms with Gasteiger partial charge in [0.25, 0.3) is 15.9 Å². The van der Waals surface area contributed by atoms with Crippen molar-refractivity contribution in [3.8, 4) is 17.2 Å². The SMILES string of the molecule is COc1cc(NC(=O)COc2ccc(S(=O)(=O)Nc3cc(Cl)cc(Cl)c3)cc2)c(OC)cc1Cl. The van der Waals surface area contributed by atoms with Crippen molar-refractivity contribution in [2.45, 2.75) is 4.90 Å². The first-order valence-corrected chi connectivity index (χ1v) is 12.2. The lowest BCUT2D eigenvalue weighted by atomic mass is 10.2. The Kier molecular flexibility index (Phi) is 8.37. The van der Waals surface area contributed by atoms with E-state index in [-0.39, 0.29) is 17.2 Å². The van der Waals surface area contributed by atoms with E-state index in [0.717, 1.165) is 0 Å². The fourth-order valence-corrected chi connectivity index (χ4v) is 4.63. The van der Waals surface area contributed by atoms with Crippen molar-refractivity contribution in [1.29, 1.82) is 0 Å². The lowest BCUT2D eigenvalue weighted by Crippen LogP contribution is -2.20. The van der Waals surface area contributed by atoms with Crippen LogP contribution in [-0.4, -0.2) is 35.2 Å². The van der Waals surface area contributed by atoms with Crippen molar-refractivity contribution in [3.05, 3.63) is 69.7 Å². The zero-order valence-corrected chi connectivity index (χ0v) is 21.0. The highest BCUT2D eigenvalue weighted by Crippen LogP contribution is 2.35. The predicted octanol–water partition coefficient (Wildman–Crippen LogP) is 5.48. The molecule has 3 aromatic carbocycles. The number of sulfonamides is 1. The van der Waals surface area contributed by atoms with Gasteiger partial charge in [-0.2, -0.15) is 0 Å². The number of rotatable bonds is 9. The molecule has 2 N–H and O–H groups in total. The Morgan fingerprint density at radius 1 is 0.882 bits per heavy atom.